The van der Waals surface area contributed by atoms with E-state index >= 15 is 0 Å². The van der Waals surface area contributed by atoms with Crippen molar-refractivity contribution in [3.05, 3.63) is 29.8 Å². The SMILES string of the molecule is CN(C)Cc1cccc(NC(=O)CCC(C)(C)N)c1. The highest BCUT2D eigenvalue weighted by Crippen LogP contribution is 2.13. The van der Waals surface area contributed by atoms with Crippen molar-refractivity contribution in [3.63, 3.8) is 0 Å². The van der Waals surface area contributed by atoms with Crippen LogP contribution in [0.5, 0.6) is 0 Å². The Kier molecular flexibility index (Phi) is 5.51. The van der Waals surface area contributed by atoms with Gasteiger partial charge in [-0.25, -0.2) is 0 Å². The van der Waals surface area contributed by atoms with Gasteiger partial charge in [0.25, 0.3) is 0 Å². The highest BCUT2D eigenvalue weighted by molar-refractivity contribution is 5.90. The van der Waals surface area contributed by atoms with Gasteiger partial charge in [0.05, 0.1) is 0 Å². The summed E-state index contributed by atoms with van der Waals surface area (Å²) >= 11 is 0. The minimum absolute atomic E-state index is 0.0144. The maximum Gasteiger partial charge on any atom is 0.224 e. The van der Waals surface area contributed by atoms with Crippen LogP contribution in [0.4, 0.5) is 5.69 Å². The third-order valence-corrected chi connectivity index (χ3v) is 2.71. The number of hydrogen-bond acceptors (Lipinski definition) is 3. The van der Waals surface area contributed by atoms with Crippen LogP contribution in [0, 0.1) is 0 Å². The van der Waals surface area contributed by atoms with Gasteiger partial charge in [0, 0.05) is 24.2 Å². The van der Waals surface area contributed by atoms with Crippen LogP contribution in [-0.2, 0) is 11.3 Å². The Hall–Kier alpha value is -1.39. The highest BCUT2D eigenvalue weighted by Gasteiger charge is 2.13. The van der Waals surface area contributed by atoms with E-state index in [-0.39, 0.29) is 11.4 Å². The maximum atomic E-state index is 11.8. The average Bonchev–Trinajstić information content (AvgIpc) is 2.25. The third-order valence-electron chi connectivity index (χ3n) is 2.71. The van der Waals surface area contributed by atoms with Gasteiger partial charge >= 0.3 is 0 Å². The zero-order chi connectivity index (χ0) is 14.5. The molecule has 1 aromatic carbocycles. The molecular formula is C15H25N3O. The third kappa shape index (κ3) is 6.94. The van der Waals surface area contributed by atoms with Crippen molar-refractivity contribution in [2.75, 3.05) is 19.4 Å². The Morgan fingerprint density at radius 3 is 2.63 bits per heavy atom. The molecule has 0 atom stereocenters. The number of amides is 1. The Morgan fingerprint density at radius 2 is 2.05 bits per heavy atom. The van der Waals surface area contributed by atoms with E-state index in [9.17, 15) is 4.79 Å². The van der Waals surface area contributed by atoms with E-state index in [0.29, 0.717) is 12.8 Å². The lowest BCUT2D eigenvalue weighted by molar-refractivity contribution is -0.116. The number of nitrogens with two attached hydrogens (primary N) is 1. The highest BCUT2D eigenvalue weighted by atomic mass is 16.1. The van der Waals surface area contributed by atoms with E-state index in [1.807, 2.05) is 46.1 Å². The van der Waals surface area contributed by atoms with Gasteiger partial charge in [-0.05, 0) is 52.1 Å². The summed E-state index contributed by atoms with van der Waals surface area (Å²) in [6, 6.07) is 7.93. The number of hydrogen-bond donors (Lipinski definition) is 2. The van der Waals surface area contributed by atoms with Crippen LogP contribution in [0.15, 0.2) is 24.3 Å². The monoisotopic (exact) mass is 263 g/mol. The predicted molar refractivity (Wildman–Crippen MR) is 80.0 cm³/mol. The molecule has 0 unspecified atom stereocenters. The van der Waals surface area contributed by atoms with Crippen molar-refractivity contribution in [2.24, 2.45) is 5.73 Å². The molecule has 0 radical (unpaired) electrons. The molecule has 106 valence electrons. The number of anilines is 1. The number of carbonyl (C=O) groups is 1. The van der Waals surface area contributed by atoms with E-state index in [1.165, 1.54) is 5.56 Å². The summed E-state index contributed by atoms with van der Waals surface area (Å²) < 4.78 is 0. The number of carbonyl (C=O) groups excluding carboxylic acids is 1. The molecule has 3 N–H and O–H groups in total. The molecule has 4 heteroatoms. The van der Waals surface area contributed by atoms with Gasteiger partial charge in [0.2, 0.25) is 5.91 Å². The molecule has 0 saturated carbocycles. The van der Waals surface area contributed by atoms with Crippen molar-refractivity contribution in [1.29, 1.82) is 0 Å². The molecule has 1 aromatic rings. The van der Waals surface area contributed by atoms with Crippen LogP contribution in [0.2, 0.25) is 0 Å². The van der Waals surface area contributed by atoms with Crippen molar-refractivity contribution in [2.45, 2.75) is 38.8 Å². The number of benzene rings is 1. The molecule has 0 bridgehead atoms. The summed E-state index contributed by atoms with van der Waals surface area (Å²) in [5, 5.41) is 2.92. The Balaban J connectivity index is 2.54. The average molecular weight is 263 g/mol. The quantitative estimate of drug-likeness (QED) is 0.827. The van der Waals surface area contributed by atoms with Crippen LogP contribution >= 0.6 is 0 Å². The summed E-state index contributed by atoms with van der Waals surface area (Å²) in [6.45, 7) is 4.72. The first-order valence-electron chi connectivity index (χ1n) is 6.59. The largest absolute Gasteiger partial charge is 0.326 e. The van der Waals surface area contributed by atoms with Crippen molar-refractivity contribution < 1.29 is 4.79 Å². The molecule has 0 aliphatic heterocycles. The molecule has 0 fully saturated rings. The summed E-state index contributed by atoms with van der Waals surface area (Å²) in [6.07, 6.45) is 1.12. The fourth-order valence-electron chi connectivity index (χ4n) is 1.77. The van der Waals surface area contributed by atoms with Gasteiger partial charge in [-0.2, -0.15) is 0 Å². The topological polar surface area (TPSA) is 58.4 Å². The van der Waals surface area contributed by atoms with E-state index < -0.39 is 0 Å². The van der Waals surface area contributed by atoms with Crippen LogP contribution in [0.25, 0.3) is 0 Å². The molecular weight excluding hydrogens is 238 g/mol. The van der Waals surface area contributed by atoms with Gasteiger partial charge in [-0.15, -0.1) is 0 Å². The number of nitrogens with zero attached hydrogens (tertiary/aromatic N) is 1. The van der Waals surface area contributed by atoms with E-state index in [2.05, 4.69) is 16.3 Å². The van der Waals surface area contributed by atoms with Crippen LogP contribution in [0.3, 0.4) is 0 Å². The van der Waals surface area contributed by atoms with Gasteiger partial charge in [0.15, 0.2) is 0 Å². The second-order valence-electron chi connectivity index (χ2n) is 5.97. The van der Waals surface area contributed by atoms with Crippen molar-refractivity contribution >= 4 is 11.6 Å². The lowest BCUT2D eigenvalue weighted by atomic mass is 10.00. The molecule has 0 aromatic heterocycles. The maximum absolute atomic E-state index is 11.8. The van der Waals surface area contributed by atoms with Gasteiger partial charge in [0.1, 0.15) is 0 Å². The minimum atomic E-state index is -0.301. The van der Waals surface area contributed by atoms with Gasteiger partial charge in [-0.1, -0.05) is 12.1 Å². The van der Waals surface area contributed by atoms with Crippen LogP contribution in [-0.4, -0.2) is 30.4 Å². The number of rotatable bonds is 6. The fourth-order valence-corrected chi connectivity index (χ4v) is 1.77. The molecule has 19 heavy (non-hydrogen) atoms. The van der Waals surface area contributed by atoms with E-state index in [1.54, 1.807) is 0 Å². The first kappa shape index (κ1) is 15.7. The van der Waals surface area contributed by atoms with Gasteiger partial charge < -0.3 is 16.0 Å². The molecule has 1 rings (SSSR count). The zero-order valence-corrected chi connectivity index (χ0v) is 12.4. The second-order valence-corrected chi connectivity index (χ2v) is 5.97. The van der Waals surface area contributed by atoms with Crippen LogP contribution < -0.4 is 11.1 Å². The van der Waals surface area contributed by atoms with Crippen molar-refractivity contribution in [3.8, 4) is 0 Å². The smallest absolute Gasteiger partial charge is 0.224 e. The minimum Gasteiger partial charge on any atom is -0.326 e. The molecule has 0 aliphatic carbocycles. The summed E-state index contributed by atoms with van der Waals surface area (Å²) in [5.74, 6) is 0.0144. The Bertz CT molecular complexity index is 422. The summed E-state index contributed by atoms with van der Waals surface area (Å²) in [4.78, 5) is 13.9. The lowest BCUT2D eigenvalue weighted by Gasteiger charge is -2.17. The first-order chi connectivity index (χ1) is 8.76. The van der Waals surface area contributed by atoms with Crippen molar-refractivity contribution in [1.82, 2.24) is 4.90 Å². The van der Waals surface area contributed by atoms with Crippen LogP contribution in [0.1, 0.15) is 32.3 Å². The fraction of sp³-hybridized carbons (Fsp3) is 0.533. The Morgan fingerprint density at radius 1 is 1.37 bits per heavy atom. The lowest BCUT2D eigenvalue weighted by Crippen LogP contribution is -2.33. The molecule has 0 heterocycles. The normalized spacial score (nSPS) is 11.7. The standard InChI is InChI=1S/C15H25N3O/c1-15(2,16)9-8-14(19)17-13-7-5-6-12(10-13)11-18(3)4/h5-7,10H,8-9,11,16H2,1-4H3,(H,17,19). The molecule has 0 spiro atoms. The molecule has 0 aliphatic rings. The molecule has 4 nitrogen and oxygen atoms in total. The molecule has 1 amide bonds. The van der Waals surface area contributed by atoms with E-state index in [4.69, 9.17) is 5.73 Å². The Labute approximate surface area is 116 Å². The second kappa shape index (κ2) is 6.68. The molecule has 0 saturated heterocycles. The summed E-state index contributed by atoms with van der Waals surface area (Å²) in [5.41, 5.74) is 7.60. The van der Waals surface area contributed by atoms with E-state index in [0.717, 1.165) is 12.2 Å². The predicted octanol–water partition coefficient (Wildman–Crippen LogP) is 2.20. The number of nitrogens with one attached hydrogen (secondary N) is 1. The van der Waals surface area contributed by atoms with Gasteiger partial charge in [-0.3, -0.25) is 4.79 Å². The first-order valence-corrected chi connectivity index (χ1v) is 6.59. The summed E-state index contributed by atoms with van der Waals surface area (Å²) in [7, 11) is 4.04. The zero-order valence-electron chi connectivity index (χ0n) is 12.4.